The lowest BCUT2D eigenvalue weighted by Gasteiger charge is -2.45. The molecule has 2 nitrogen and oxygen atoms in total. The molecule has 2 N–H and O–H groups in total. The molecule has 0 bridgehead atoms. The van der Waals surface area contributed by atoms with E-state index < -0.39 is 0 Å². The van der Waals surface area contributed by atoms with Crippen molar-refractivity contribution in [3.63, 3.8) is 0 Å². The molecule has 0 spiro atoms. The van der Waals surface area contributed by atoms with Gasteiger partial charge in [0, 0.05) is 11.6 Å². The Labute approximate surface area is 89.2 Å². The van der Waals surface area contributed by atoms with E-state index in [0.717, 1.165) is 25.9 Å². The Kier molecular flexibility index (Phi) is 6.05. The number of hydrogen-bond donors (Lipinski definition) is 1. The van der Waals surface area contributed by atoms with Gasteiger partial charge in [0.25, 0.3) is 0 Å². The van der Waals surface area contributed by atoms with Gasteiger partial charge < -0.3 is 5.73 Å². The van der Waals surface area contributed by atoms with Crippen LogP contribution >= 0.6 is 0 Å². The predicted octanol–water partition coefficient (Wildman–Crippen LogP) is 2.40. The molecule has 84 valence electrons. The molecule has 0 aromatic heterocycles. The van der Waals surface area contributed by atoms with E-state index in [-0.39, 0.29) is 11.6 Å². The van der Waals surface area contributed by atoms with Crippen molar-refractivity contribution in [3.05, 3.63) is 12.7 Å². The summed E-state index contributed by atoms with van der Waals surface area (Å²) in [7, 11) is 0. The van der Waals surface area contributed by atoms with Gasteiger partial charge in [-0.2, -0.15) is 0 Å². The van der Waals surface area contributed by atoms with Crippen LogP contribution in [0.25, 0.3) is 0 Å². The summed E-state index contributed by atoms with van der Waals surface area (Å²) in [6.45, 7) is 14.7. The molecule has 0 amide bonds. The van der Waals surface area contributed by atoms with Crippen molar-refractivity contribution in [1.82, 2.24) is 4.90 Å². The average molecular weight is 198 g/mol. The second kappa shape index (κ2) is 6.20. The Hall–Kier alpha value is -0.340. The van der Waals surface area contributed by atoms with Crippen LogP contribution in [0.4, 0.5) is 0 Å². The fourth-order valence-electron chi connectivity index (χ4n) is 2.45. The Morgan fingerprint density at radius 1 is 1.21 bits per heavy atom. The van der Waals surface area contributed by atoms with E-state index in [9.17, 15) is 0 Å². The molecule has 0 rings (SSSR count). The highest BCUT2D eigenvalue weighted by Gasteiger charge is 2.36. The Morgan fingerprint density at radius 2 is 1.64 bits per heavy atom. The maximum absolute atomic E-state index is 6.17. The minimum Gasteiger partial charge on any atom is -0.323 e. The van der Waals surface area contributed by atoms with Crippen molar-refractivity contribution in [1.29, 1.82) is 0 Å². The molecular formula is C12H26N2. The molecular weight excluding hydrogens is 172 g/mol. The lowest BCUT2D eigenvalue weighted by atomic mass is 9.83. The molecule has 0 heterocycles. The number of hydrogen-bond acceptors (Lipinski definition) is 2. The number of likely N-dealkylation sites (N-methyl/N-ethyl adjacent to an activating group) is 1. The summed E-state index contributed by atoms with van der Waals surface area (Å²) in [4.78, 5) is 2.46. The zero-order valence-electron chi connectivity index (χ0n) is 10.2. The summed E-state index contributed by atoms with van der Waals surface area (Å²) in [6, 6.07) is 0.0670. The lowest BCUT2D eigenvalue weighted by molar-refractivity contribution is 0.0768. The van der Waals surface area contributed by atoms with Crippen molar-refractivity contribution >= 4 is 0 Å². The third-order valence-electron chi connectivity index (χ3n) is 3.49. The van der Waals surface area contributed by atoms with Crippen LogP contribution in [-0.2, 0) is 0 Å². The van der Waals surface area contributed by atoms with Crippen molar-refractivity contribution in [2.45, 2.75) is 52.1 Å². The summed E-state index contributed by atoms with van der Waals surface area (Å²) in [6.07, 6.45) is 4.04. The van der Waals surface area contributed by atoms with Crippen molar-refractivity contribution in [3.8, 4) is 0 Å². The first-order chi connectivity index (χ1) is 6.62. The van der Waals surface area contributed by atoms with Crippen LogP contribution in [0.1, 0.15) is 40.5 Å². The van der Waals surface area contributed by atoms with Gasteiger partial charge in [-0.3, -0.25) is 4.90 Å². The third-order valence-corrected chi connectivity index (χ3v) is 3.49. The SMILES string of the molecule is C=CC(N)C(CC)(CC)N(CC)CC. The highest BCUT2D eigenvalue weighted by molar-refractivity contribution is 5.04. The normalized spacial score (nSPS) is 14.4. The molecule has 0 aromatic carbocycles. The molecule has 1 unspecified atom stereocenters. The zero-order valence-corrected chi connectivity index (χ0v) is 10.2. The number of nitrogens with two attached hydrogens (primary N) is 1. The summed E-state index contributed by atoms with van der Waals surface area (Å²) in [5, 5.41) is 0. The first-order valence-corrected chi connectivity index (χ1v) is 5.76. The van der Waals surface area contributed by atoms with Crippen molar-refractivity contribution in [2.75, 3.05) is 13.1 Å². The molecule has 0 aliphatic heterocycles. The van der Waals surface area contributed by atoms with Gasteiger partial charge in [0.05, 0.1) is 0 Å². The minimum absolute atomic E-state index is 0.0670. The van der Waals surface area contributed by atoms with E-state index in [0.29, 0.717) is 0 Å². The largest absolute Gasteiger partial charge is 0.323 e. The van der Waals surface area contributed by atoms with Gasteiger partial charge in [-0.25, -0.2) is 0 Å². The van der Waals surface area contributed by atoms with Gasteiger partial charge in [0.1, 0.15) is 0 Å². The molecule has 0 aliphatic carbocycles. The second-order valence-corrected chi connectivity index (χ2v) is 3.74. The van der Waals surface area contributed by atoms with E-state index in [2.05, 4.69) is 39.2 Å². The Balaban J connectivity index is 4.92. The molecule has 1 atom stereocenters. The van der Waals surface area contributed by atoms with E-state index >= 15 is 0 Å². The minimum atomic E-state index is 0.0670. The highest BCUT2D eigenvalue weighted by atomic mass is 15.2. The van der Waals surface area contributed by atoms with Gasteiger partial charge in [-0.15, -0.1) is 6.58 Å². The Bertz CT molecular complexity index is 158. The molecule has 2 heteroatoms. The second-order valence-electron chi connectivity index (χ2n) is 3.74. The summed E-state index contributed by atoms with van der Waals surface area (Å²) in [5.74, 6) is 0. The maximum Gasteiger partial charge on any atom is 0.0408 e. The van der Waals surface area contributed by atoms with Crippen molar-refractivity contribution in [2.24, 2.45) is 5.73 Å². The summed E-state index contributed by atoms with van der Waals surface area (Å²) >= 11 is 0. The Morgan fingerprint density at radius 3 is 1.86 bits per heavy atom. The van der Waals surface area contributed by atoms with Crippen molar-refractivity contribution < 1.29 is 0 Å². The zero-order chi connectivity index (χ0) is 11.2. The molecule has 0 fully saturated rings. The van der Waals surface area contributed by atoms with Crippen LogP contribution in [0.2, 0.25) is 0 Å². The van der Waals surface area contributed by atoms with Crippen LogP contribution in [-0.4, -0.2) is 29.6 Å². The fourth-order valence-corrected chi connectivity index (χ4v) is 2.45. The first kappa shape index (κ1) is 13.7. The predicted molar refractivity (Wildman–Crippen MR) is 64.4 cm³/mol. The van der Waals surface area contributed by atoms with E-state index in [4.69, 9.17) is 5.73 Å². The van der Waals surface area contributed by atoms with Crippen LogP contribution in [0.15, 0.2) is 12.7 Å². The molecule has 14 heavy (non-hydrogen) atoms. The molecule has 0 aliphatic rings. The fraction of sp³-hybridized carbons (Fsp3) is 0.833. The maximum atomic E-state index is 6.17. The van der Waals surface area contributed by atoms with Crippen LogP contribution in [0, 0.1) is 0 Å². The number of nitrogens with zero attached hydrogens (tertiary/aromatic N) is 1. The quantitative estimate of drug-likeness (QED) is 0.637. The molecule has 0 aromatic rings. The van der Waals surface area contributed by atoms with Gasteiger partial charge in [-0.05, 0) is 25.9 Å². The smallest absolute Gasteiger partial charge is 0.0408 e. The highest BCUT2D eigenvalue weighted by Crippen LogP contribution is 2.27. The third kappa shape index (κ3) is 2.37. The van der Waals surface area contributed by atoms with Crippen LogP contribution < -0.4 is 5.73 Å². The summed E-state index contributed by atoms with van der Waals surface area (Å²) < 4.78 is 0. The topological polar surface area (TPSA) is 29.3 Å². The van der Waals surface area contributed by atoms with Crippen LogP contribution in [0.5, 0.6) is 0 Å². The van der Waals surface area contributed by atoms with Gasteiger partial charge in [0.15, 0.2) is 0 Å². The van der Waals surface area contributed by atoms with Gasteiger partial charge in [-0.1, -0.05) is 33.8 Å². The van der Waals surface area contributed by atoms with E-state index in [1.807, 2.05) is 6.08 Å². The molecule has 0 radical (unpaired) electrons. The van der Waals surface area contributed by atoms with Gasteiger partial charge in [0.2, 0.25) is 0 Å². The van der Waals surface area contributed by atoms with E-state index in [1.54, 1.807) is 0 Å². The molecule has 0 saturated heterocycles. The lowest BCUT2D eigenvalue weighted by Crippen LogP contribution is -2.58. The monoisotopic (exact) mass is 198 g/mol. The average Bonchev–Trinajstić information content (AvgIpc) is 2.25. The standard InChI is InChI=1S/C12H26N2/c1-6-11(13)12(7-2,8-3)14(9-4)10-5/h6,11H,1,7-10,13H2,2-5H3. The molecule has 0 saturated carbocycles. The first-order valence-electron chi connectivity index (χ1n) is 5.76. The summed E-state index contributed by atoms with van der Waals surface area (Å²) in [5.41, 5.74) is 6.27. The number of rotatable bonds is 7. The van der Waals surface area contributed by atoms with Gasteiger partial charge >= 0.3 is 0 Å². The van der Waals surface area contributed by atoms with Crippen LogP contribution in [0.3, 0.4) is 0 Å². The van der Waals surface area contributed by atoms with E-state index in [1.165, 1.54) is 0 Å².